The molecule has 0 radical (unpaired) electrons. The number of ether oxygens (including phenoxy) is 1. The molecule has 0 bridgehead atoms. The van der Waals surface area contributed by atoms with Crippen molar-refractivity contribution in [3.63, 3.8) is 0 Å². The van der Waals surface area contributed by atoms with E-state index in [2.05, 4.69) is 10.2 Å². The Kier molecular flexibility index (Phi) is 7.60. The summed E-state index contributed by atoms with van der Waals surface area (Å²) in [5.41, 5.74) is 3.09. The Morgan fingerprint density at radius 1 is 0.692 bits per heavy atom. The van der Waals surface area contributed by atoms with Crippen LogP contribution in [-0.4, -0.2) is 32.3 Å². The molecular weight excluding hydrogens is 514 g/mol. The maximum atomic E-state index is 11.3. The average Bonchev–Trinajstić information content (AvgIpc) is 3.45. The van der Waals surface area contributed by atoms with Gasteiger partial charge >= 0.3 is 11.9 Å². The van der Waals surface area contributed by atoms with Crippen molar-refractivity contribution in [2.45, 2.75) is 13.1 Å². The minimum atomic E-state index is -0.982. The van der Waals surface area contributed by atoms with Crippen LogP contribution in [0.1, 0.15) is 31.8 Å². The zero-order chi connectivity index (χ0) is 27.2. The number of hydrogen-bond acceptors (Lipinski definition) is 7. The van der Waals surface area contributed by atoms with Gasteiger partial charge in [0.2, 0.25) is 5.13 Å². The molecule has 1 heterocycles. The van der Waals surface area contributed by atoms with Crippen molar-refractivity contribution in [3.8, 4) is 22.1 Å². The molecule has 0 aliphatic heterocycles. The summed E-state index contributed by atoms with van der Waals surface area (Å²) in [7, 11) is 0. The predicted octanol–water partition coefficient (Wildman–Crippen LogP) is 6.60. The smallest absolute Gasteiger partial charge is 0.335 e. The lowest BCUT2D eigenvalue weighted by atomic mass is 10.1. The number of benzene rings is 4. The van der Waals surface area contributed by atoms with Crippen LogP contribution in [0.15, 0.2) is 103 Å². The van der Waals surface area contributed by atoms with E-state index < -0.39 is 11.9 Å². The molecular formula is C30H23N3O5S. The van der Waals surface area contributed by atoms with Crippen molar-refractivity contribution in [1.29, 1.82) is 0 Å². The fourth-order valence-corrected chi connectivity index (χ4v) is 4.75. The highest BCUT2D eigenvalue weighted by Crippen LogP contribution is 2.33. The lowest BCUT2D eigenvalue weighted by molar-refractivity contribution is 0.0686. The van der Waals surface area contributed by atoms with Crippen molar-refractivity contribution < 1.29 is 24.5 Å². The van der Waals surface area contributed by atoms with E-state index in [1.807, 2.05) is 59.5 Å². The van der Waals surface area contributed by atoms with Gasteiger partial charge in [0.05, 0.1) is 11.1 Å². The average molecular weight is 538 g/mol. The first-order chi connectivity index (χ1) is 18.9. The van der Waals surface area contributed by atoms with E-state index in [-0.39, 0.29) is 11.1 Å². The Balaban J connectivity index is 1.41. The van der Waals surface area contributed by atoms with Crippen LogP contribution in [0.4, 0.5) is 5.13 Å². The first kappa shape index (κ1) is 25.6. The summed E-state index contributed by atoms with van der Waals surface area (Å²) in [6.07, 6.45) is 0. The quantitative estimate of drug-likeness (QED) is 0.205. The lowest BCUT2D eigenvalue weighted by Crippen LogP contribution is -2.22. The second-order valence-corrected chi connectivity index (χ2v) is 9.65. The van der Waals surface area contributed by atoms with Crippen LogP contribution in [0, 0.1) is 0 Å². The molecule has 5 aromatic rings. The second-order valence-electron chi connectivity index (χ2n) is 8.69. The van der Waals surface area contributed by atoms with Crippen LogP contribution >= 0.6 is 11.3 Å². The predicted molar refractivity (Wildman–Crippen MR) is 149 cm³/mol. The highest BCUT2D eigenvalue weighted by molar-refractivity contribution is 7.18. The molecule has 0 saturated carbocycles. The van der Waals surface area contributed by atoms with E-state index in [1.165, 1.54) is 11.3 Å². The molecule has 0 aliphatic rings. The minimum absolute atomic E-state index is 0.213. The summed E-state index contributed by atoms with van der Waals surface area (Å²) in [4.78, 5) is 24.5. The minimum Gasteiger partial charge on any atom is -0.478 e. The zero-order valence-electron chi connectivity index (χ0n) is 20.6. The summed E-state index contributed by atoms with van der Waals surface area (Å²) in [6.45, 7) is 0.902. The first-order valence-electron chi connectivity index (χ1n) is 12.0. The summed E-state index contributed by atoms with van der Waals surface area (Å²) in [5.74, 6) is -0.542. The number of nitrogens with zero attached hydrogens (tertiary/aromatic N) is 3. The van der Waals surface area contributed by atoms with E-state index in [0.29, 0.717) is 24.0 Å². The molecule has 39 heavy (non-hydrogen) atoms. The van der Waals surface area contributed by atoms with Gasteiger partial charge in [-0.05, 0) is 59.7 Å². The number of hydrogen-bond donors (Lipinski definition) is 2. The van der Waals surface area contributed by atoms with Gasteiger partial charge in [0, 0.05) is 18.7 Å². The van der Waals surface area contributed by atoms with Crippen LogP contribution in [0.25, 0.3) is 10.6 Å². The van der Waals surface area contributed by atoms with Crippen molar-refractivity contribution in [3.05, 3.63) is 125 Å². The maximum absolute atomic E-state index is 11.3. The van der Waals surface area contributed by atoms with Gasteiger partial charge in [-0.3, -0.25) is 0 Å². The Morgan fingerprint density at radius 2 is 1.26 bits per heavy atom. The van der Waals surface area contributed by atoms with Gasteiger partial charge < -0.3 is 19.8 Å². The third-order valence-corrected chi connectivity index (χ3v) is 6.93. The highest BCUT2D eigenvalue weighted by Gasteiger charge is 2.17. The SMILES string of the molecule is O=C(O)c1ccc(CN(Cc2ccc(C(=O)O)cc2)c2nnc(-c3cccc(Oc4ccccc4)c3)s2)cc1. The van der Waals surface area contributed by atoms with Crippen LogP contribution in [-0.2, 0) is 13.1 Å². The number of carboxylic acid groups (broad SMARTS) is 2. The van der Waals surface area contributed by atoms with Crippen LogP contribution < -0.4 is 9.64 Å². The molecule has 0 fully saturated rings. The van der Waals surface area contributed by atoms with Gasteiger partial charge in [0.15, 0.2) is 0 Å². The zero-order valence-corrected chi connectivity index (χ0v) is 21.4. The maximum Gasteiger partial charge on any atom is 0.335 e. The number of rotatable bonds is 10. The van der Waals surface area contributed by atoms with Crippen molar-refractivity contribution >= 4 is 28.4 Å². The van der Waals surface area contributed by atoms with E-state index >= 15 is 0 Å². The third kappa shape index (κ3) is 6.46. The van der Waals surface area contributed by atoms with Crippen LogP contribution in [0.2, 0.25) is 0 Å². The molecule has 8 nitrogen and oxygen atoms in total. The van der Waals surface area contributed by atoms with Crippen LogP contribution in [0.5, 0.6) is 11.5 Å². The van der Waals surface area contributed by atoms with Gasteiger partial charge in [-0.15, -0.1) is 10.2 Å². The largest absolute Gasteiger partial charge is 0.478 e. The molecule has 194 valence electrons. The number of carbonyl (C=O) groups is 2. The number of carboxylic acids is 2. The van der Waals surface area contributed by atoms with Crippen molar-refractivity contribution in [1.82, 2.24) is 10.2 Å². The number of aromatic carboxylic acids is 2. The second kappa shape index (κ2) is 11.6. The molecule has 0 saturated heterocycles. The van der Waals surface area contributed by atoms with Gasteiger partial charge in [0.1, 0.15) is 16.5 Å². The van der Waals surface area contributed by atoms with Crippen molar-refractivity contribution in [2.75, 3.05) is 4.90 Å². The van der Waals surface area contributed by atoms with Gasteiger partial charge in [0.25, 0.3) is 0 Å². The fraction of sp³-hybridized carbons (Fsp3) is 0.0667. The van der Waals surface area contributed by atoms with E-state index in [1.54, 1.807) is 48.5 Å². The normalized spacial score (nSPS) is 10.7. The molecule has 0 aliphatic carbocycles. The monoisotopic (exact) mass is 537 g/mol. The summed E-state index contributed by atoms with van der Waals surface area (Å²) >= 11 is 1.42. The van der Waals surface area contributed by atoms with Gasteiger partial charge in [-0.25, -0.2) is 9.59 Å². The molecule has 9 heteroatoms. The van der Waals surface area contributed by atoms with Gasteiger partial charge in [-0.2, -0.15) is 0 Å². The molecule has 0 spiro atoms. The summed E-state index contributed by atoms with van der Waals surface area (Å²) < 4.78 is 5.97. The molecule has 5 rings (SSSR count). The number of aromatic nitrogens is 2. The van der Waals surface area contributed by atoms with Crippen LogP contribution in [0.3, 0.4) is 0 Å². The molecule has 0 unspecified atom stereocenters. The molecule has 0 amide bonds. The summed E-state index contributed by atoms with van der Waals surface area (Å²) in [5, 5.41) is 28.7. The molecule has 4 aromatic carbocycles. The number of para-hydroxylation sites is 1. The number of anilines is 1. The molecule has 1 aromatic heterocycles. The van der Waals surface area contributed by atoms with E-state index in [9.17, 15) is 19.8 Å². The standard InChI is InChI=1S/C30H23N3O5S/c34-28(35)22-13-9-20(10-14-22)18-33(19-21-11-15-23(16-12-21)29(36)37)30-32-31-27(39-30)24-5-4-8-26(17-24)38-25-6-2-1-3-7-25/h1-17H,18-19H2,(H,34,35)(H,36,37). The highest BCUT2D eigenvalue weighted by atomic mass is 32.1. The lowest BCUT2D eigenvalue weighted by Gasteiger charge is -2.22. The Morgan fingerprint density at radius 3 is 1.82 bits per heavy atom. The van der Waals surface area contributed by atoms with E-state index in [0.717, 1.165) is 27.4 Å². The Bertz CT molecular complexity index is 1530. The Labute approximate surface area is 228 Å². The Hall–Kier alpha value is -5.02. The molecule has 0 atom stereocenters. The molecule has 2 N–H and O–H groups in total. The van der Waals surface area contributed by atoms with Gasteiger partial charge in [-0.1, -0.05) is 65.9 Å². The van der Waals surface area contributed by atoms with Crippen molar-refractivity contribution in [2.24, 2.45) is 0 Å². The topological polar surface area (TPSA) is 113 Å². The third-order valence-electron chi connectivity index (χ3n) is 5.89. The fourth-order valence-electron chi connectivity index (χ4n) is 3.91. The summed E-state index contributed by atoms with van der Waals surface area (Å²) in [6, 6.07) is 30.6. The van der Waals surface area contributed by atoms with E-state index in [4.69, 9.17) is 4.74 Å². The first-order valence-corrected chi connectivity index (χ1v) is 12.8.